The summed E-state index contributed by atoms with van der Waals surface area (Å²) in [4.78, 5) is 14.6. The van der Waals surface area contributed by atoms with Gasteiger partial charge in [0.2, 0.25) is 0 Å². The lowest BCUT2D eigenvalue weighted by Gasteiger charge is -2.11. The Bertz CT molecular complexity index is 402. The van der Waals surface area contributed by atoms with Crippen LogP contribution < -0.4 is 11.4 Å². The quantitative estimate of drug-likeness (QED) is 0.726. The molecule has 0 unspecified atom stereocenters. The predicted octanol–water partition coefficient (Wildman–Crippen LogP) is 0.184. The first-order chi connectivity index (χ1) is 6.68. The van der Waals surface area contributed by atoms with Gasteiger partial charge in [-0.15, -0.1) is 11.8 Å². The third kappa shape index (κ3) is 1.60. The summed E-state index contributed by atoms with van der Waals surface area (Å²) in [7, 11) is 0. The van der Waals surface area contributed by atoms with Gasteiger partial charge in [0.1, 0.15) is 0 Å². The van der Waals surface area contributed by atoms with E-state index in [2.05, 4.69) is 4.98 Å². The molecule has 1 aliphatic heterocycles. The van der Waals surface area contributed by atoms with E-state index in [1.807, 2.05) is 0 Å². The topological polar surface area (TPSA) is 70.1 Å². The monoisotopic (exact) mass is 217 g/mol. The average molecular weight is 217 g/mol. The van der Waals surface area contributed by atoms with E-state index in [4.69, 9.17) is 10.5 Å². The molecule has 0 aliphatic carbocycles. The number of nitrogens with zero attached hydrogens (tertiary/aromatic N) is 2. The average Bonchev–Trinajstić information content (AvgIpc) is 2.64. The van der Waals surface area contributed by atoms with Gasteiger partial charge in [0, 0.05) is 5.75 Å². The molecule has 1 aromatic heterocycles. The normalized spacial score (nSPS) is 21.4. The maximum Gasteiger partial charge on any atom is 0.352 e. The van der Waals surface area contributed by atoms with Crippen molar-refractivity contribution in [2.75, 3.05) is 18.1 Å². The molecule has 0 spiro atoms. The van der Waals surface area contributed by atoms with Gasteiger partial charge in [0.25, 0.3) is 0 Å². The molecular formula is C7H8FN3O2S. The molecule has 0 amide bonds. The van der Waals surface area contributed by atoms with E-state index in [0.29, 0.717) is 6.61 Å². The first kappa shape index (κ1) is 9.47. The number of hydrogen-bond acceptors (Lipinski definition) is 5. The molecule has 0 radical (unpaired) electrons. The Balaban J connectivity index is 2.42. The first-order valence-corrected chi connectivity index (χ1v) is 5.01. The number of nitrogens with two attached hydrogens (primary N) is 1. The van der Waals surface area contributed by atoms with Crippen LogP contribution in [0.25, 0.3) is 0 Å². The summed E-state index contributed by atoms with van der Waals surface area (Å²) >= 11 is 1.42. The molecule has 1 atom stereocenters. The molecule has 0 aromatic carbocycles. The van der Waals surface area contributed by atoms with Crippen LogP contribution in [-0.2, 0) is 4.74 Å². The highest BCUT2D eigenvalue weighted by atomic mass is 32.2. The summed E-state index contributed by atoms with van der Waals surface area (Å²) in [6.07, 6.45) is 1.02. The van der Waals surface area contributed by atoms with Gasteiger partial charge in [-0.25, -0.2) is 9.18 Å². The van der Waals surface area contributed by atoms with Crippen LogP contribution in [0, 0.1) is 5.82 Å². The molecule has 1 fully saturated rings. The molecule has 2 N–H and O–H groups in total. The molecule has 1 aromatic rings. The fourth-order valence-corrected chi connectivity index (χ4v) is 2.01. The number of ether oxygens (including phenoxy) is 1. The number of aromatic nitrogens is 2. The summed E-state index contributed by atoms with van der Waals surface area (Å²) in [5.74, 6) is -0.307. The zero-order chi connectivity index (χ0) is 10.1. The van der Waals surface area contributed by atoms with Crippen molar-refractivity contribution >= 4 is 17.6 Å². The molecule has 2 rings (SSSR count). The number of thioether (sulfide) groups is 1. The zero-order valence-electron chi connectivity index (χ0n) is 7.14. The van der Waals surface area contributed by atoms with Gasteiger partial charge in [0.15, 0.2) is 17.2 Å². The molecule has 1 saturated heterocycles. The van der Waals surface area contributed by atoms with Crippen LogP contribution in [0.3, 0.4) is 0 Å². The molecule has 14 heavy (non-hydrogen) atoms. The molecule has 2 heterocycles. The minimum absolute atomic E-state index is 0.380. The van der Waals surface area contributed by atoms with Crippen molar-refractivity contribution < 1.29 is 9.13 Å². The summed E-state index contributed by atoms with van der Waals surface area (Å²) < 4.78 is 19.3. The smallest absolute Gasteiger partial charge is 0.352 e. The van der Waals surface area contributed by atoms with Gasteiger partial charge >= 0.3 is 5.69 Å². The second-order valence-corrected chi connectivity index (χ2v) is 3.86. The Labute approximate surface area is 83.1 Å². The summed E-state index contributed by atoms with van der Waals surface area (Å²) in [5, 5.41) is 0. The largest absolute Gasteiger partial charge is 0.381 e. The Hall–Kier alpha value is -1.08. The number of halogens is 1. The van der Waals surface area contributed by atoms with Crippen LogP contribution in [0.1, 0.15) is 5.56 Å². The summed E-state index contributed by atoms with van der Waals surface area (Å²) in [6.45, 7) is 0.549. The van der Waals surface area contributed by atoms with Crippen molar-refractivity contribution in [2.24, 2.45) is 0 Å². The molecular weight excluding hydrogens is 209 g/mol. The van der Waals surface area contributed by atoms with E-state index in [1.54, 1.807) is 0 Å². The highest BCUT2D eigenvalue weighted by Gasteiger charge is 2.20. The highest BCUT2D eigenvalue weighted by molar-refractivity contribution is 7.99. The standard InChI is InChI=1S/C7H8FN3O2S/c8-4-3-11(6(12)10-5(4)9)7-13-1-2-14-7/h3,7H,1-2H2,(H2,9,10,12)/t7-/m0/s1. The van der Waals surface area contributed by atoms with E-state index in [1.165, 1.54) is 11.8 Å². The molecule has 7 heteroatoms. The Morgan fingerprint density at radius 1 is 1.79 bits per heavy atom. The van der Waals surface area contributed by atoms with E-state index in [-0.39, 0.29) is 5.82 Å². The Morgan fingerprint density at radius 3 is 3.21 bits per heavy atom. The van der Waals surface area contributed by atoms with Crippen molar-refractivity contribution in [3.8, 4) is 0 Å². The third-order valence-corrected chi connectivity index (χ3v) is 2.82. The zero-order valence-corrected chi connectivity index (χ0v) is 7.96. The minimum atomic E-state index is -0.708. The maximum atomic E-state index is 13.0. The minimum Gasteiger partial charge on any atom is -0.381 e. The van der Waals surface area contributed by atoms with E-state index in [0.717, 1.165) is 16.5 Å². The lowest BCUT2D eigenvalue weighted by atomic mass is 10.5. The van der Waals surface area contributed by atoms with Crippen LogP contribution in [0.5, 0.6) is 0 Å². The van der Waals surface area contributed by atoms with Crippen LogP contribution in [0.15, 0.2) is 11.0 Å². The lowest BCUT2D eigenvalue weighted by molar-refractivity contribution is 0.0925. The van der Waals surface area contributed by atoms with Crippen molar-refractivity contribution in [3.05, 3.63) is 22.5 Å². The van der Waals surface area contributed by atoms with Gasteiger partial charge in [0.05, 0.1) is 12.8 Å². The van der Waals surface area contributed by atoms with E-state index in [9.17, 15) is 9.18 Å². The van der Waals surface area contributed by atoms with E-state index >= 15 is 0 Å². The van der Waals surface area contributed by atoms with Crippen molar-refractivity contribution in [2.45, 2.75) is 5.56 Å². The fraction of sp³-hybridized carbons (Fsp3) is 0.429. The van der Waals surface area contributed by atoms with Gasteiger partial charge in [-0.1, -0.05) is 0 Å². The number of rotatable bonds is 1. The van der Waals surface area contributed by atoms with Crippen LogP contribution >= 0.6 is 11.8 Å². The Morgan fingerprint density at radius 2 is 2.57 bits per heavy atom. The number of hydrogen-bond donors (Lipinski definition) is 1. The second-order valence-electron chi connectivity index (χ2n) is 2.71. The van der Waals surface area contributed by atoms with Gasteiger partial charge in [-0.3, -0.25) is 4.57 Å². The van der Waals surface area contributed by atoms with Crippen LogP contribution in [-0.4, -0.2) is 21.9 Å². The highest BCUT2D eigenvalue weighted by Crippen LogP contribution is 2.28. The number of nitrogen functional groups attached to an aromatic ring is 1. The second kappa shape index (κ2) is 3.58. The lowest BCUT2D eigenvalue weighted by Crippen LogP contribution is -2.27. The van der Waals surface area contributed by atoms with Gasteiger partial charge in [-0.05, 0) is 0 Å². The fourth-order valence-electron chi connectivity index (χ4n) is 1.12. The van der Waals surface area contributed by atoms with Crippen LogP contribution in [0.4, 0.5) is 10.2 Å². The van der Waals surface area contributed by atoms with Gasteiger partial charge in [-0.2, -0.15) is 4.98 Å². The molecule has 5 nitrogen and oxygen atoms in total. The van der Waals surface area contributed by atoms with E-state index < -0.39 is 17.1 Å². The van der Waals surface area contributed by atoms with Gasteiger partial charge < -0.3 is 10.5 Å². The Kier molecular flexibility index (Phi) is 2.42. The number of anilines is 1. The molecule has 0 saturated carbocycles. The SMILES string of the molecule is Nc1nc(=O)n([C@H]2OCCS2)cc1F. The molecule has 1 aliphatic rings. The maximum absolute atomic E-state index is 13.0. The summed E-state index contributed by atoms with van der Waals surface area (Å²) in [5.41, 5.74) is 4.07. The molecule has 76 valence electrons. The predicted molar refractivity (Wildman–Crippen MR) is 50.3 cm³/mol. The van der Waals surface area contributed by atoms with Crippen molar-refractivity contribution in [3.63, 3.8) is 0 Å². The first-order valence-electron chi connectivity index (χ1n) is 3.96. The van der Waals surface area contributed by atoms with Crippen molar-refractivity contribution in [1.29, 1.82) is 0 Å². The van der Waals surface area contributed by atoms with Crippen molar-refractivity contribution in [1.82, 2.24) is 9.55 Å². The van der Waals surface area contributed by atoms with Crippen LogP contribution in [0.2, 0.25) is 0 Å². The molecule has 0 bridgehead atoms. The third-order valence-electron chi connectivity index (χ3n) is 1.77. The summed E-state index contributed by atoms with van der Waals surface area (Å²) in [6, 6.07) is 0.